The topological polar surface area (TPSA) is 188 Å². The fourth-order valence-electron chi connectivity index (χ4n) is 1.91. The van der Waals surface area contributed by atoms with Gasteiger partial charge in [0.05, 0.1) is 6.42 Å². The highest BCUT2D eigenvalue weighted by Crippen LogP contribution is 2.22. The lowest BCUT2D eigenvalue weighted by molar-refractivity contribution is -0.171. The molecule has 0 spiro atoms. The number of aliphatic carboxylic acids is 1. The van der Waals surface area contributed by atoms with Crippen LogP contribution >= 0.6 is 0 Å². The van der Waals surface area contributed by atoms with E-state index in [1.807, 2.05) is 0 Å². The van der Waals surface area contributed by atoms with Crippen molar-refractivity contribution in [1.29, 1.82) is 0 Å². The molecular weight excluding hydrogens is 332 g/mol. The zero-order valence-electron chi connectivity index (χ0n) is 12.5. The molecule has 0 bridgehead atoms. The summed E-state index contributed by atoms with van der Waals surface area (Å²) >= 11 is 0. The molecule has 24 heavy (non-hydrogen) atoms. The first-order valence-corrected chi connectivity index (χ1v) is 6.60. The second-order valence-electron chi connectivity index (χ2n) is 5.20. The molecule has 1 rings (SSSR count). The largest absolute Gasteiger partial charge is 0.505 e. The molecule has 1 aliphatic heterocycles. The highest BCUT2D eigenvalue weighted by atomic mass is 16.6. The number of Topliss-reactive ketones (excluding diaryl/α,β-unsaturated/α-hetero) is 1. The summed E-state index contributed by atoms with van der Waals surface area (Å²) in [4.78, 5) is 44.5. The standard InChI is InChI=1S/C13H16O11/c1-5(14)2-13(22,12(20)21)3-7(16)23-4-6(15)10-8(17)9(18)11(19)24-10/h6,10,15,17-18,22H,2-4H2,1H3,(H,20,21)/t6-,10+,13?/m0/s1. The molecule has 0 aromatic carbocycles. The average molecular weight is 348 g/mol. The van der Waals surface area contributed by atoms with E-state index in [9.17, 15) is 34.5 Å². The van der Waals surface area contributed by atoms with Gasteiger partial charge in [-0.2, -0.15) is 0 Å². The number of esters is 2. The minimum Gasteiger partial charge on any atom is -0.505 e. The number of aliphatic hydroxyl groups excluding tert-OH is 3. The highest BCUT2D eigenvalue weighted by Gasteiger charge is 2.42. The van der Waals surface area contributed by atoms with Crippen LogP contribution in [0, 0.1) is 0 Å². The molecule has 1 aliphatic rings. The fourth-order valence-corrected chi connectivity index (χ4v) is 1.91. The van der Waals surface area contributed by atoms with Crippen LogP contribution < -0.4 is 0 Å². The van der Waals surface area contributed by atoms with Gasteiger partial charge in [-0.1, -0.05) is 0 Å². The van der Waals surface area contributed by atoms with Gasteiger partial charge in [-0.3, -0.25) is 9.59 Å². The van der Waals surface area contributed by atoms with Crippen LogP contribution in [-0.2, 0) is 28.7 Å². The Bertz CT molecular complexity index is 593. The van der Waals surface area contributed by atoms with Gasteiger partial charge in [0.15, 0.2) is 17.5 Å². The van der Waals surface area contributed by atoms with Crippen LogP contribution in [0.4, 0.5) is 0 Å². The van der Waals surface area contributed by atoms with Crippen LogP contribution in [0.5, 0.6) is 0 Å². The first-order chi connectivity index (χ1) is 11.0. The van der Waals surface area contributed by atoms with Gasteiger partial charge >= 0.3 is 17.9 Å². The minimum absolute atomic E-state index is 0.670. The minimum atomic E-state index is -2.66. The molecule has 134 valence electrons. The number of ether oxygens (including phenoxy) is 2. The van der Waals surface area contributed by atoms with Crippen molar-refractivity contribution in [2.24, 2.45) is 0 Å². The number of carbonyl (C=O) groups excluding carboxylic acids is 3. The number of ketones is 1. The molecular formula is C13H16O11. The summed E-state index contributed by atoms with van der Waals surface area (Å²) in [6.07, 6.45) is -5.28. The zero-order valence-corrected chi connectivity index (χ0v) is 12.5. The second kappa shape index (κ2) is 7.27. The fraction of sp³-hybridized carbons (Fsp3) is 0.538. The van der Waals surface area contributed by atoms with Gasteiger partial charge in [0.1, 0.15) is 18.5 Å². The maximum Gasteiger partial charge on any atom is 0.377 e. The van der Waals surface area contributed by atoms with Crippen LogP contribution in [0.2, 0.25) is 0 Å². The van der Waals surface area contributed by atoms with E-state index in [1.54, 1.807) is 0 Å². The third-order valence-electron chi connectivity index (χ3n) is 3.08. The predicted octanol–water partition coefficient (Wildman–Crippen LogP) is -1.67. The summed E-state index contributed by atoms with van der Waals surface area (Å²) in [6.45, 7) is 0.197. The number of carboxylic acids is 1. The maximum atomic E-state index is 11.6. The van der Waals surface area contributed by atoms with E-state index in [0.717, 1.165) is 6.92 Å². The van der Waals surface area contributed by atoms with Gasteiger partial charge in [-0.25, -0.2) is 9.59 Å². The van der Waals surface area contributed by atoms with Crippen molar-refractivity contribution < 1.29 is 54.2 Å². The molecule has 11 nitrogen and oxygen atoms in total. The Labute approximate surface area is 134 Å². The lowest BCUT2D eigenvalue weighted by atomic mass is 9.94. The van der Waals surface area contributed by atoms with Gasteiger partial charge < -0.3 is 35.0 Å². The van der Waals surface area contributed by atoms with Crippen LogP contribution in [0.3, 0.4) is 0 Å². The summed E-state index contributed by atoms with van der Waals surface area (Å²) in [5, 5.41) is 46.8. The number of aliphatic hydroxyl groups is 4. The summed E-state index contributed by atoms with van der Waals surface area (Å²) in [6, 6.07) is 0. The Morgan fingerprint density at radius 2 is 1.88 bits per heavy atom. The van der Waals surface area contributed by atoms with E-state index < -0.39 is 72.5 Å². The maximum absolute atomic E-state index is 11.6. The number of cyclic esters (lactones) is 1. The smallest absolute Gasteiger partial charge is 0.377 e. The molecule has 0 amide bonds. The van der Waals surface area contributed by atoms with E-state index in [1.165, 1.54) is 0 Å². The molecule has 0 saturated heterocycles. The van der Waals surface area contributed by atoms with Gasteiger partial charge in [0.2, 0.25) is 5.76 Å². The zero-order chi connectivity index (χ0) is 18.7. The molecule has 0 radical (unpaired) electrons. The van der Waals surface area contributed by atoms with Crippen molar-refractivity contribution >= 4 is 23.7 Å². The van der Waals surface area contributed by atoms with E-state index in [0.29, 0.717) is 0 Å². The monoisotopic (exact) mass is 348 g/mol. The van der Waals surface area contributed by atoms with Crippen LogP contribution in [0.15, 0.2) is 11.5 Å². The number of hydrogen-bond acceptors (Lipinski definition) is 10. The lowest BCUT2D eigenvalue weighted by Gasteiger charge is -2.22. The van der Waals surface area contributed by atoms with Crippen molar-refractivity contribution in [1.82, 2.24) is 0 Å². The number of hydrogen-bond donors (Lipinski definition) is 5. The Hall–Kier alpha value is -2.66. The van der Waals surface area contributed by atoms with Crippen molar-refractivity contribution in [3.8, 4) is 0 Å². The van der Waals surface area contributed by atoms with Crippen molar-refractivity contribution in [2.45, 2.75) is 37.6 Å². The molecule has 1 unspecified atom stereocenters. The summed E-state index contributed by atoms with van der Waals surface area (Å²) < 4.78 is 8.96. The van der Waals surface area contributed by atoms with Gasteiger partial charge in [0.25, 0.3) is 0 Å². The van der Waals surface area contributed by atoms with Crippen molar-refractivity contribution in [3.05, 3.63) is 11.5 Å². The van der Waals surface area contributed by atoms with E-state index >= 15 is 0 Å². The highest BCUT2D eigenvalue weighted by molar-refractivity contribution is 5.90. The summed E-state index contributed by atoms with van der Waals surface area (Å²) in [5.41, 5.74) is -2.66. The number of rotatable bonds is 8. The first kappa shape index (κ1) is 19.4. The Morgan fingerprint density at radius 1 is 1.29 bits per heavy atom. The van der Waals surface area contributed by atoms with Crippen LogP contribution in [0.25, 0.3) is 0 Å². The molecule has 0 fully saturated rings. The van der Waals surface area contributed by atoms with E-state index in [-0.39, 0.29) is 0 Å². The van der Waals surface area contributed by atoms with Gasteiger partial charge in [0, 0.05) is 6.42 Å². The average Bonchev–Trinajstić information content (AvgIpc) is 2.71. The third-order valence-corrected chi connectivity index (χ3v) is 3.08. The normalized spacial score (nSPS) is 21.0. The quantitative estimate of drug-likeness (QED) is 0.315. The Morgan fingerprint density at radius 3 is 2.29 bits per heavy atom. The first-order valence-electron chi connectivity index (χ1n) is 6.60. The number of carboxylic acid groups (broad SMARTS) is 1. The molecule has 5 N–H and O–H groups in total. The molecule has 0 aliphatic carbocycles. The SMILES string of the molecule is CC(=O)CC(O)(CC(=O)OC[C@H](O)[C@H]1OC(=O)C(O)=C1O)C(=O)O. The summed E-state index contributed by atoms with van der Waals surface area (Å²) in [5.74, 6) is -7.03. The molecule has 11 heteroatoms. The number of carbonyl (C=O) groups is 4. The van der Waals surface area contributed by atoms with Crippen molar-refractivity contribution in [3.63, 3.8) is 0 Å². The Kier molecular flexibility index (Phi) is 5.88. The molecule has 0 aromatic heterocycles. The van der Waals surface area contributed by atoms with Crippen molar-refractivity contribution in [2.75, 3.05) is 6.61 Å². The second-order valence-corrected chi connectivity index (χ2v) is 5.20. The molecule has 3 atom stereocenters. The third kappa shape index (κ3) is 4.43. The lowest BCUT2D eigenvalue weighted by Crippen LogP contribution is -2.43. The predicted molar refractivity (Wildman–Crippen MR) is 71.6 cm³/mol. The van der Waals surface area contributed by atoms with Crippen LogP contribution in [-0.4, -0.2) is 73.6 Å². The molecule has 0 aromatic rings. The van der Waals surface area contributed by atoms with Gasteiger partial charge in [-0.05, 0) is 6.92 Å². The molecule has 1 heterocycles. The molecule has 0 saturated carbocycles. The van der Waals surface area contributed by atoms with E-state index in [2.05, 4.69) is 9.47 Å². The summed E-state index contributed by atoms with van der Waals surface area (Å²) in [7, 11) is 0. The Balaban J connectivity index is 2.61. The van der Waals surface area contributed by atoms with E-state index in [4.69, 9.17) is 10.2 Å². The van der Waals surface area contributed by atoms with Gasteiger partial charge in [-0.15, -0.1) is 0 Å². The van der Waals surface area contributed by atoms with Crippen LogP contribution in [0.1, 0.15) is 19.8 Å².